The van der Waals surface area contributed by atoms with Gasteiger partial charge in [-0.2, -0.15) is 0 Å². The number of esters is 1. The maximum absolute atomic E-state index is 12.2. The van der Waals surface area contributed by atoms with Crippen molar-refractivity contribution in [3.8, 4) is 0 Å². The molecule has 0 saturated heterocycles. The molecule has 0 spiro atoms. The van der Waals surface area contributed by atoms with Gasteiger partial charge in [0.2, 0.25) is 5.76 Å². The minimum Gasteiger partial charge on any atom is -0.460 e. The van der Waals surface area contributed by atoms with Crippen LogP contribution in [-0.4, -0.2) is 22.5 Å². The van der Waals surface area contributed by atoms with Gasteiger partial charge < -0.3 is 9.15 Å². The number of furan rings is 1. The number of nitrogens with zero attached hydrogens (tertiary/aromatic N) is 2. The summed E-state index contributed by atoms with van der Waals surface area (Å²) in [5.41, 5.74) is 1.44. The maximum atomic E-state index is 12.2. The third-order valence-corrected chi connectivity index (χ3v) is 4.50. The molecule has 0 atom stereocenters. The lowest BCUT2D eigenvalue weighted by Crippen LogP contribution is -2.05. The van der Waals surface area contributed by atoms with Crippen LogP contribution in [0.1, 0.15) is 23.0 Å². The monoisotopic (exact) mass is 392 g/mol. The van der Waals surface area contributed by atoms with Crippen molar-refractivity contribution in [3.05, 3.63) is 52.5 Å². The first-order valence-electron chi connectivity index (χ1n) is 6.97. The van der Waals surface area contributed by atoms with E-state index in [1.165, 1.54) is 11.8 Å². The van der Waals surface area contributed by atoms with E-state index in [0.717, 1.165) is 15.4 Å². The molecule has 0 aliphatic carbocycles. The van der Waals surface area contributed by atoms with Gasteiger partial charge in [0.25, 0.3) is 0 Å². The fourth-order valence-corrected chi connectivity index (χ4v) is 3.31. The van der Waals surface area contributed by atoms with Crippen molar-refractivity contribution in [1.29, 1.82) is 0 Å². The number of carbonyl (C=O) groups is 1. The van der Waals surface area contributed by atoms with Gasteiger partial charge in [-0.3, -0.25) is 0 Å². The van der Waals surface area contributed by atoms with Gasteiger partial charge in [-0.1, -0.05) is 27.7 Å². The Morgan fingerprint density at radius 1 is 1.35 bits per heavy atom. The third-order valence-electron chi connectivity index (χ3n) is 3.10. The Morgan fingerprint density at radius 2 is 2.13 bits per heavy atom. The molecule has 0 saturated carbocycles. The van der Waals surface area contributed by atoms with Gasteiger partial charge in [-0.05, 0) is 31.2 Å². The summed E-state index contributed by atoms with van der Waals surface area (Å²) in [6.45, 7) is 2.07. The van der Waals surface area contributed by atoms with Crippen molar-refractivity contribution in [1.82, 2.24) is 9.97 Å². The van der Waals surface area contributed by atoms with E-state index < -0.39 is 5.97 Å². The van der Waals surface area contributed by atoms with Gasteiger partial charge in [0.05, 0.1) is 6.61 Å². The molecule has 118 valence electrons. The number of ether oxygens (including phenoxy) is 1. The Balaban J connectivity index is 1.99. The van der Waals surface area contributed by atoms with Gasteiger partial charge in [-0.15, -0.1) is 0 Å². The summed E-state index contributed by atoms with van der Waals surface area (Å²) >= 11 is 4.89. The van der Waals surface area contributed by atoms with Gasteiger partial charge in [-0.25, -0.2) is 14.8 Å². The van der Waals surface area contributed by atoms with Crippen LogP contribution in [0.2, 0.25) is 0 Å². The van der Waals surface area contributed by atoms with Crippen molar-refractivity contribution in [2.45, 2.75) is 17.8 Å². The van der Waals surface area contributed by atoms with Crippen LogP contribution in [-0.2, 0) is 10.5 Å². The van der Waals surface area contributed by atoms with E-state index >= 15 is 0 Å². The molecule has 3 aromatic rings. The number of carbonyl (C=O) groups excluding carboxylic acids is 1. The number of benzene rings is 1. The van der Waals surface area contributed by atoms with Crippen molar-refractivity contribution in [3.63, 3.8) is 0 Å². The Bertz CT molecular complexity index is 836. The number of fused-ring (bicyclic) bond motifs is 1. The summed E-state index contributed by atoms with van der Waals surface area (Å²) in [5, 5.41) is 1.53. The van der Waals surface area contributed by atoms with E-state index in [1.807, 2.05) is 18.2 Å². The van der Waals surface area contributed by atoms with Crippen molar-refractivity contribution in [2.24, 2.45) is 0 Å². The summed E-state index contributed by atoms with van der Waals surface area (Å²) < 4.78 is 11.7. The van der Waals surface area contributed by atoms with Gasteiger partial charge in [0, 0.05) is 33.6 Å². The number of halogens is 1. The third kappa shape index (κ3) is 3.56. The molecule has 3 rings (SSSR count). The second kappa shape index (κ2) is 7.14. The second-order valence-electron chi connectivity index (χ2n) is 4.59. The predicted octanol–water partition coefficient (Wildman–Crippen LogP) is 4.45. The zero-order valence-electron chi connectivity index (χ0n) is 12.3. The maximum Gasteiger partial charge on any atom is 0.374 e. The highest BCUT2D eigenvalue weighted by molar-refractivity contribution is 9.10. The number of rotatable bonds is 5. The van der Waals surface area contributed by atoms with E-state index in [4.69, 9.17) is 9.15 Å². The summed E-state index contributed by atoms with van der Waals surface area (Å²) in [4.78, 5) is 20.5. The molecule has 0 amide bonds. The average Bonchev–Trinajstić information content (AvgIpc) is 2.92. The highest BCUT2D eigenvalue weighted by atomic mass is 79.9. The van der Waals surface area contributed by atoms with Gasteiger partial charge in [0.1, 0.15) is 5.58 Å². The van der Waals surface area contributed by atoms with E-state index in [0.29, 0.717) is 23.1 Å². The zero-order chi connectivity index (χ0) is 16.2. The number of aromatic nitrogens is 2. The molecule has 2 heterocycles. The van der Waals surface area contributed by atoms with Crippen LogP contribution in [0.25, 0.3) is 11.0 Å². The predicted molar refractivity (Wildman–Crippen MR) is 91.5 cm³/mol. The number of hydrogen-bond acceptors (Lipinski definition) is 6. The first kappa shape index (κ1) is 16.0. The molecular formula is C16H13BrN2O3S. The Kier molecular flexibility index (Phi) is 4.97. The first-order chi connectivity index (χ1) is 11.2. The van der Waals surface area contributed by atoms with Crippen molar-refractivity contribution in [2.75, 3.05) is 6.61 Å². The molecule has 2 aromatic heterocycles. The molecule has 0 fully saturated rings. The van der Waals surface area contributed by atoms with Gasteiger partial charge in [0.15, 0.2) is 5.16 Å². The Labute approximate surface area is 145 Å². The van der Waals surface area contributed by atoms with E-state index in [2.05, 4.69) is 25.9 Å². The highest BCUT2D eigenvalue weighted by Gasteiger charge is 2.22. The summed E-state index contributed by atoms with van der Waals surface area (Å²) in [5.74, 6) is 0.300. The van der Waals surface area contributed by atoms with Crippen LogP contribution < -0.4 is 0 Å². The molecule has 7 heteroatoms. The summed E-state index contributed by atoms with van der Waals surface area (Å²) in [6.07, 6.45) is 3.37. The van der Waals surface area contributed by atoms with Crippen LogP contribution in [0.15, 0.2) is 50.7 Å². The number of thioether (sulfide) groups is 1. The fraction of sp³-hybridized carbons (Fsp3) is 0.188. The molecule has 23 heavy (non-hydrogen) atoms. The van der Waals surface area contributed by atoms with Gasteiger partial charge >= 0.3 is 5.97 Å². The standard InChI is InChI=1S/C16H13BrN2O3S/c1-2-21-15(20)14-12(9-23-16-18-6-3-7-19-16)11-8-10(17)4-5-13(11)22-14/h3-8H,2,9H2,1H3. The van der Waals surface area contributed by atoms with Crippen LogP contribution in [0, 0.1) is 0 Å². The molecule has 0 N–H and O–H groups in total. The zero-order valence-corrected chi connectivity index (χ0v) is 14.7. The van der Waals surface area contributed by atoms with E-state index in [1.54, 1.807) is 25.4 Å². The summed E-state index contributed by atoms with van der Waals surface area (Å²) in [7, 11) is 0. The van der Waals surface area contributed by atoms with Crippen LogP contribution in [0.4, 0.5) is 0 Å². The first-order valence-corrected chi connectivity index (χ1v) is 8.74. The molecule has 1 aromatic carbocycles. The van der Waals surface area contributed by atoms with Crippen LogP contribution in [0.5, 0.6) is 0 Å². The molecule has 0 radical (unpaired) electrons. The average molecular weight is 393 g/mol. The smallest absolute Gasteiger partial charge is 0.374 e. The topological polar surface area (TPSA) is 65.2 Å². The minimum atomic E-state index is -0.454. The lowest BCUT2D eigenvalue weighted by molar-refractivity contribution is 0.0491. The largest absolute Gasteiger partial charge is 0.460 e. The quantitative estimate of drug-likeness (QED) is 0.362. The molecule has 0 aliphatic heterocycles. The van der Waals surface area contributed by atoms with Crippen molar-refractivity contribution < 1.29 is 13.9 Å². The second-order valence-corrected chi connectivity index (χ2v) is 6.45. The molecule has 0 unspecified atom stereocenters. The lowest BCUT2D eigenvalue weighted by Gasteiger charge is -2.03. The van der Waals surface area contributed by atoms with E-state index in [-0.39, 0.29) is 5.76 Å². The molecule has 5 nitrogen and oxygen atoms in total. The Morgan fingerprint density at radius 3 is 2.87 bits per heavy atom. The highest BCUT2D eigenvalue weighted by Crippen LogP contribution is 2.33. The fourth-order valence-electron chi connectivity index (χ4n) is 2.12. The molecule has 0 aliphatic rings. The Hall–Kier alpha value is -1.86. The SMILES string of the molecule is CCOC(=O)c1oc2ccc(Br)cc2c1CSc1ncccn1. The van der Waals surface area contributed by atoms with E-state index in [9.17, 15) is 4.79 Å². The number of hydrogen-bond donors (Lipinski definition) is 0. The lowest BCUT2D eigenvalue weighted by atomic mass is 10.1. The summed E-state index contributed by atoms with van der Waals surface area (Å²) in [6, 6.07) is 7.40. The molecule has 0 bridgehead atoms. The van der Waals surface area contributed by atoms with Crippen molar-refractivity contribution >= 4 is 44.6 Å². The normalized spacial score (nSPS) is 10.9. The minimum absolute atomic E-state index is 0.239. The van der Waals surface area contributed by atoms with Crippen LogP contribution in [0.3, 0.4) is 0 Å². The molecular weight excluding hydrogens is 380 g/mol. The van der Waals surface area contributed by atoms with Crippen LogP contribution >= 0.6 is 27.7 Å².